The lowest BCUT2D eigenvalue weighted by molar-refractivity contribution is -0.145. The first-order valence-corrected chi connectivity index (χ1v) is 9.70. The number of hydrogen-bond acceptors (Lipinski definition) is 2. The Morgan fingerprint density at radius 3 is 2.61 bits per heavy atom. The van der Waals surface area contributed by atoms with E-state index < -0.39 is 0 Å². The molecule has 1 aliphatic rings. The molecule has 1 aliphatic carbocycles. The van der Waals surface area contributed by atoms with Crippen molar-refractivity contribution in [3.8, 4) is 0 Å². The monoisotopic (exact) mass is 322 g/mol. The normalized spacial score (nSPS) is 21.1. The molecule has 0 aliphatic heterocycles. The Hall–Kier alpha value is -0.790. The van der Waals surface area contributed by atoms with Crippen LogP contribution in [0.2, 0.25) is 0 Å². The van der Waals surface area contributed by atoms with Gasteiger partial charge in [-0.3, -0.25) is 4.79 Å². The van der Waals surface area contributed by atoms with Crippen molar-refractivity contribution in [3.05, 3.63) is 11.6 Å². The average molecular weight is 323 g/mol. The lowest BCUT2D eigenvalue weighted by atomic mass is 9.75. The predicted molar refractivity (Wildman–Crippen MR) is 98.4 cm³/mol. The van der Waals surface area contributed by atoms with E-state index in [1.54, 1.807) is 0 Å². The molecule has 0 amide bonds. The first-order valence-electron chi connectivity index (χ1n) is 9.70. The summed E-state index contributed by atoms with van der Waals surface area (Å²) in [6.45, 7) is 12.0. The molecule has 2 nitrogen and oxygen atoms in total. The molecule has 0 radical (unpaired) electrons. The van der Waals surface area contributed by atoms with Gasteiger partial charge in [0.15, 0.2) is 0 Å². The molecule has 0 fully saturated rings. The summed E-state index contributed by atoms with van der Waals surface area (Å²) in [5.74, 6) is 1.21. The summed E-state index contributed by atoms with van der Waals surface area (Å²) < 4.78 is 5.45. The standard InChI is InChI=1S/C21H38O2/c1-6-7-8-9-10-11-20(22)23-16-17(2)12-14-19-15-13-18(3)21(19,4)5/h13,17,19H,6-12,14-16H2,1-5H3. The third kappa shape index (κ3) is 7.10. The van der Waals surface area contributed by atoms with E-state index in [1.807, 2.05) is 0 Å². The Morgan fingerprint density at radius 1 is 1.30 bits per heavy atom. The molecular formula is C21H38O2. The van der Waals surface area contributed by atoms with Gasteiger partial charge in [-0.1, -0.05) is 65.0 Å². The molecule has 0 saturated carbocycles. The van der Waals surface area contributed by atoms with Gasteiger partial charge in [-0.15, -0.1) is 0 Å². The van der Waals surface area contributed by atoms with Crippen LogP contribution in [-0.4, -0.2) is 12.6 Å². The Kier molecular flexibility index (Phi) is 8.94. The van der Waals surface area contributed by atoms with Crippen LogP contribution < -0.4 is 0 Å². The molecule has 0 bridgehead atoms. The quantitative estimate of drug-likeness (QED) is 0.253. The van der Waals surface area contributed by atoms with Gasteiger partial charge >= 0.3 is 5.97 Å². The molecule has 0 spiro atoms. The summed E-state index contributed by atoms with van der Waals surface area (Å²) in [5.41, 5.74) is 1.87. The van der Waals surface area contributed by atoms with Crippen LogP contribution in [0.4, 0.5) is 0 Å². The van der Waals surface area contributed by atoms with E-state index in [2.05, 4.69) is 40.7 Å². The zero-order valence-electron chi connectivity index (χ0n) is 16.1. The number of unbranched alkanes of at least 4 members (excludes halogenated alkanes) is 4. The third-order valence-electron chi connectivity index (χ3n) is 5.77. The minimum Gasteiger partial charge on any atom is -0.465 e. The van der Waals surface area contributed by atoms with Gasteiger partial charge in [-0.05, 0) is 49.9 Å². The average Bonchev–Trinajstić information content (AvgIpc) is 2.76. The fourth-order valence-electron chi connectivity index (χ4n) is 3.43. The smallest absolute Gasteiger partial charge is 0.305 e. The van der Waals surface area contributed by atoms with Gasteiger partial charge in [0.2, 0.25) is 0 Å². The fourth-order valence-corrected chi connectivity index (χ4v) is 3.43. The fraction of sp³-hybridized carbons (Fsp3) is 0.857. The maximum absolute atomic E-state index is 11.8. The zero-order chi connectivity index (χ0) is 17.3. The molecule has 0 aromatic heterocycles. The van der Waals surface area contributed by atoms with Crippen molar-refractivity contribution in [2.24, 2.45) is 17.3 Å². The Bertz CT molecular complexity index is 381. The summed E-state index contributed by atoms with van der Waals surface area (Å²) >= 11 is 0. The Labute approximate surface area is 144 Å². The maximum atomic E-state index is 11.8. The van der Waals surface area contributed by atoms with Crippen molar-refractivity contribution >= 4 is 5.97 Å². The minimum atomic E-state index is -0.00736. The van der Waals surface area contributed by atoms with Crippen LogP contribution in [0.1, 0.15) is 92.4 Å². The highest BCUT2D eigenvalue weighted by Crippen LogP contribution is 2.45. The van der Waals surface area contributed by atoms with Crippen molar-refractivity contribution in [2.45, 2.75) is 92.4 Å². The van der Waals surface area contributed by atoms with E-state index in [-0.39, 0.29) is 5.97 Å². The Morgan fingerprint density at radius 2 is 2.00 bits per heavy atom. The maximum Gasteiger partial charge on any atom is 0.305 e. The molecule has 1 rings (SSSR count). The van der Waals surface area contributed by atoms with E-state index in [0.29, 0.717) is 24.4 Å². The van der Waals surface area contributed by atoms with Gasteiger partial charge in [0.05, 0.1) is 6.61 Å². The van der Waals surface area contributed by atoms with E-state index in [1.165, 1.54) is 37.7 Å². The van der Waals surface area contributed by atoms with Crippen LogP contribution in [-0.2, 0) is 9.53 Å². The van der Waals surface area contributed by atoms with Crippen LogP contribution in [0.3, 0.4) is 0 Å². The molecule has 0 heterocycles. The first kappa shape index (κ1) is 20.3. The highest BCUT2D eigenvalue weighted by atomic mass is 16.5. The van der Waals surface area contributed by atoms with E-state index in [0.717, 1.165) is 25.2 Å². The van der Waals surface area contributed by atoms with Crippen molar-refractivity contribution in [1.29, 1.82) is 0 Å². The van der Waals surface area contributed by atoms with Crippen LogP contribution >= 0.6 is 0 Å². The number of allylic oxidation sites excluding steroid dienone is 2. The molecule has 0 N–H and O–H groups in total. The first-order chi connectivity index (χ1) is 10.9. The Balaban J connectivity index is 2.10. The summed E-state index contributed by atoms with van der Waals surface area (Å²) in [4.78, 5) is 11.8. The number of esters is 1. The number of hydrogen-bond donors (Lipinski definition) is 0. The second kappa shape index (κ2) is 10.2. The number of carbonyl (C=O) groups is 1. The molecule has 134 valence electrons. The second-order valence-corrected chi connectivity index (χ2v) is 8.07. The van der Waals surface area contributed by atoms with Crippen molar-refractivity contribution in [2.75, 3.05) is 6.61 Å². The largest absolute Gasteiger partial charge is 0.465 e. The van der Waals surface area contributed by atoms with Crippen molar-refractivity contribution in [1.82, 2.24) is 0 Å². The summed E-state index contributed by atoms with van der Waals surface area (Å²) in [6.07, 6.45) is 12.5. The lowest BCUT2D eigenvalue weighted by Gasteiger charge is -2.30. The van der Waals surface area contributed by atoms with Gasteiger partial charge in [-0.2, -0.15) is 0 Å². The number of ether oxygens (including phenoxy) is 1. The third-order valence-corrected chi connectivity index (χ3v) is 5.77. The van der Waals surface area contributed by atoms with Crippen LogP contribution in [0.25, 0.3) is 0 Å². The second-order valence-electron chi connectivity index (χ2n) is 8.07. The van der Waals surface area contributed by atoms with Crippen LogP contribution in [0, 0.1) is 17.3 Å². The van der Waals surface area contributed by atoms with Gasteiger partial charge in [0.25, 0.3) is 0 Å². The highest BCUT2D eigenvalue weighted by molar-refractivity contribution is 5.69. The minimum absolute atomic E-state index is 0.00736. The SMILES string of the molecule is CCCCCCCC(=O)OCC(C)CCC1CC=C(C)C1(C)C. The van der Waals surface area contributed by atoms with Crippen LogP contribution in [0.15, 0.2) is 11.6 Å². The van der Waals surface area contributed by atoms with Gasteiger partial charge in [0, 0.05) is 6.42 Å². The van der Waals surface area contributed by atoms with Crippen molar-refractivity contribution in [3.63, 3.8) is 0 Å². The van der Waals surface area contributed by atoms with Crippen molar-refractivity contribution < 1.29 is 9.53 Å². The summed E-state index contributed by atoms with van der Waals surface area (Å²) in [7, 11) is 0. The number of carbonyl (C=O) groups excluding carboxylic acids is 1. The van der Waals surface area contributed by atoms with E-state index in [9.17, 15) is 4.79 Å². The van der Waals surface area contributed by atoms with Gasteiger partial charge < -0.3 is 4.74 Å². The van der Waals surface area contributed by atoms with E-state index in [4.69, 9.17) is 4.74 Å². The predicted octanol–water partition coefficient (Wildman–Crippen LogP) is 6.30. The van der Waals surface area contributed by atoms with Gasteiger partial charge in [-0.25, -0.2) is 0 Å². The van der Waals surface area contributed by atoms with Crippen LogP contribution in [0.5, 0.6) is 0 Å². The molecule has 23 heavy (non-hydrogen) atoms. The topological polar surface area (TPSA) is 26.3 Å². The van der Waals surface area contributed by atoms with Gasteiger partial charge in [0.1, 0.15) is 0 Å². The molecule has 2 atom stereocenters. The lowest BCUT2D eigenvalue weighted by Crippen LogP contribution is -2.21. The highest BCUT2D eigenvalue weighted by Gasteiger charge is 2.34. The molecule has 2 unspecified atom stereocenters. The zero-order valence-corrected chi connectivity index (χ0v) is 16.1. The van der Waals surface area contributed by atoms with E-state index >= 15 is 0 Å². The summed E-state index contributed by atoms with van der Waals surface area (Å²) in [6, 6.07) is 0. The molecule has 0 aromatic rings. The molecule has 0 aromatic carbocycles. The molecule has 0 saturated heterocycles. The summed E-state index contributed by atoms with van der Waals surface area (Å²) in [5, 5.41) is 0. The number of rotatable bonds is 11. The molecular weight excluding hydrogens is 284 g/mol. The molecule has 2 heteroatoms.